The number of hydrogen-bond acceptors (Lipinski definition) is 1. The molecule has 0 aromatic heterocycles. The molecule has 0 aromatic carbocycles. The van der Waals surface area contributed by atoms with Gasteiger partial charge in [-0.3, -0.25) is 4.79 Å². The molecular formula is C5H10NOP. The lowest BCUT2D eigenvalue weighted by Crippen LogP contribution is -2.22. The average Bonchev–Trinajstić information content (AvgIpc) is 2.12. The Bertz CT molecular complexity index is 98.6. The van der Waals surface area contributed by atoms with Gasteiger partial charge in [-0.05, 0) is 19.0 Å². The summed E-state index contributed by atoms with van der Waals surface area (Å²) in [5, 5.41) is 0. The molecule has 8 heavy (non-hydrogen) atoms. The number of primary amides is 1. The fourth-order valence-electron chi connectivity index (χ4n) is 0.927. The standard InChI is InChI=1S/C5H10NOP/c6-5(7)4-2-1-3-8-4/h4,8H,1-3H2,(H2,6,7)/t4-/m0/s1. The second kappa shape index (κ2) is 2.45. The molecule has 0 aromatic rings. The first-order chi connectivity index (χ1) is 3.80. The van der Waals surface area contributed by atoms with Crippen LogP contribution in [0.1, 0.15) is 12.8 Å². The molecule has 1 saturated heterocycles. The zero-order valence-electron chi connectivity index (χ0n) is 4.68. The molecule has 0 bridgehead atoms. The van der Waals surface area contributed by atoms with Gasteiger partial charge in [-0.2, -0.15) is 0 Å². The summed E-state index contributed by atoms with van der Waals surface area (Å²) in [6, 6.07) is 0. The van der Waals surface area contributed by atoms with Gasteiger partial charge < -0.3 is 5.73 Å². The van der Waals surface area contributed by atoms with Crippen LogP contribution in [0.3, 0.4) is 0 Å². The highest BCUT2D eigenvalue weighted by atomic mass is 31.1. The third-order valence-electron chi connectivity index (χ3n) is 1.40. The molecule has 1 amide bonds. The van der Waals surface area contributed by atoms with Crippen LogP contribution in [0.15, 0.2) is 0 Å². The number of rotatable bonds is 1. The summed E-state index contributed by atoms with van der Waals surface area (Å²) in [5.41, 5.74) is 5.30. The molecule has 0 radical (unpaired) electrons. The third-order valence-corrected chi connectivity index (χ3v) is 3.11. The van der Waals surface area contributed by atoms with Gasteiger partial charge in [0.05, 0.1) is 5.66 Å². The van der Waals surface area contributed by atoms with Crippen molar-refractivity contribution < 1.29 is 4.79 Å². The Morgan fingerprint density at radius 2 is 2.50 bits per heavy atom. The zero-order chi connectivity index (χ0) is 5.98. The summed E-state index contributed by atoms with van der Waals surface area (Å²) in [4.78, 5) is 10.4. The van der Waals surface area contributed by atoms with Crippen LogP contribution in [0.25, 0.3) is 0 Å². The lowest BCUT2D eigenvalue weighted by molar-refractivity contribution is -0.117. The minimum atomic E-state index is -0.0965. The maximum Gasteiger partial charge on any atom is 0.224 e. The molecule has 1 aliphatic heterocycles. The van der Waals surface area contributed by atoms with E-state index in [4.69, 9.17) is 5.73 Å². The highest BCUT2D eigenvalue weighted by molar-refractivity contribution is 7.40. The van der Waals surface area contributed by atoms with Crippen molar-refractivity contribution in [2.24, 2.45) is 5.73 Å². The Hall–Kier alpha value is -0.100. The predicted octanol–water partition coefficient (Wildman–Crippen LogP) is 0.313. The van der Waals surface area contributed by atoms with Crippen LogP contribution in [0.2, 0.25) is 0 Å². The monoisotopic (exact) mass is 131 g/mol. The van der Waals surface area contributed by atoms with Gasteiger partial charge in [0.2, 0.25) is 5.91 Å². The van der Waals surface area contributed by atoms with Crippen LogP contribution in [0, 0.1) is 0 Å². The van der Waals surface area contributed by atoms with Crippen LogP contribution < -0.4 is 5.73 Å². The number of hydrogen-bond donors (Lipinski definition) is 1. The molecule has 1 fully saturated rings. The minimum absolute atomic E-state index is 0.0965. The average molecular weight is 131 g/mol. The van der Waals surface area contributed by atoms with Crippen LogP contribution in [-0.4, -0.2) is 17.7 Å². The Labute approximate surface area is 50.6 Å². The number of amides is 1. The molecule has 1 aliphatic rings. The van der Waals surface area contributed by atoms with E-state index in [9.17, 15) is 4.79 Å². The molecule has 2 N–H and O–H groups in total. The van der Waals surface area contributed by atoms with Gasteiger partial charge in [0, 0.05) is 0 Å². The molecule has 1 heterocycles. The second-order valence-corrected chi connectivity index (χ2v) is 3.66. The van der Waals surface area contributed by atoms with Crippen molar-refractivity contribution in [2.75, 3.05) is 6.16 Å². The van der Waals surface area contributed by atoms with Crippen molar-refractivity contribution in [3.8, 4) is 0 Å². The topological polar surface area (TPSA) is 43.1 Å². The minimum Gasteiger partial charge on any atom is -0.369 e. The van der Waals surface area contributed by atoms with Crippen molar-refractivity contribution in [1.29, 1.82) is 0 Å². The smallest absolute Gasteiger partial charge is 0.224 e. The fourth-order valence-corrected chi connectivity index (χ4v) is 2.29. The van der Waals surface area contributed by atoms with Crippen molar-refractivity contribution >= 4 is 14.5 Å². The van der Waals surface area contributed by atoms with Crippen molar-refractivity contribution in [2.45, 2.75) is 18.5 Å². The quantitative estimate of drug-likeness (QED) is 0.511. The molecule has 46 valence electrons. The van der Waals surface area contributed by atoms with E-state index >= 15 is 0 Å². The molecule has 0 spiro atoms. The van der Waals surface area contributed by atoms with E-state index < -0.39 is 0 Å². The third kappa shape index (κ3) is 1.19. The first kappa shape index (κ1) is 6.03. The van der Waals surface area contributed by atoms with Gasteiger partial charge in [0.1, 0.15) is 0 Å². The van der Waals surface area contributed by atoms with Crippen molar-refractivity contribution in [3.05, 3.63) is 0 Å². The Kier molecular flexibility index (Phi) is 1.85. The van der Waals surface area contributed by atoms with E-state index in [0.29, 0.717) is 0 Å². The Balaban J connectivity index is 2.35. The van der Waals surface area contributed by atoms with E-state index in [1.807, 2.05) is 0 Å². The largest absolute Gasteiger partial charge is 0.369 e. The number of nitrogens with two attached hydrogens (primary N) is 1. The van der Waals surface area contributed by atoms with Gasteiger partial charge in [0.15, 0.2) is 0 Å². The second-order valence-electron chi connectivity index (χ2n) is 2.05. The van der Waals surface area contributed by atoms with E-state index in [1.54, 1.807) is 0 Å². The van der Waals surface area contributed by atoms with Gasteiger partial charge in [-0.1, -0.05) is 0 Å². The maximum absolute atomic E-state index is 10.4. The molecule has 0 aliphatic carbocycles. The SMILES string of the molecule is NC(=O)[C@@H]1CCCP1. The summed E-state index contributed by atoms with van der Waals surface area (Å²) in [6.07, 6.45) is 3.45. The molecule has 1 unspecified atom stereocenters. The summed E-state index contributed by atoms with van der Waals surface area (Å²) in [6.45, 7) is 0. The highest BCUT2D eigenvalue weighted by Crippen LogP contribution is 2.31. The fraction of sp³-hybridized carbons (Fsp3) is 0.800. The van der Waals surface area contributed by atoms with E-state index in [2.05, 4.69) is 0 Å². The summed E-state index contributed by atoms with van der Waals surface area (Å²) >= 11 is 0. The Morgan fingerprint density at radius 1 is 1.75 bits per heavy atom. The normalized spacial score (nSPS) is 31.2. The van der Waals surface area contributed by atoms with E-state index in [1.165, 1.54) is 12.6 Å². The predicted molar refractivity (Wildman–Crippen MR) is 35.4 cm³/mol. The number of carbonyl (C=O) groups excluding carboxylic acids is 1. The van der Waals surface area contributed by atoms with Gasteiger partial charge in [-0.15, -0.1) is 8.58 Å². The Morgan fingerprint density at radius 3 is 2.75 bits per heavy atom. The van der Waals surface area contributed by atoms with Crippen LogP contribution in [0.5, 0.6) is 0 Å². The zero-order valence-corrected chi connectivity index (χ0v) is 5.68. The molecule has 2 atom stereocenters. The first-order valence-corrected chi connectivity index (χ1v) is 4.12. The van der Waals surface area contributed by atoms with Crippen molar-refractivity contribution in [3.63, 3.8) is 0 Å². The van der Waals surface area contributed by atoms with Gasteiger partial charge in [0.25, 0.3) is 0 Å². The first-order valence-electron chi connectivity index (χ1n) is 2.83. The molecule has 1 rings (SSSR count). The lowest BCUT2D eigenvalue weighted by atomic mass is 10.2. The molecule has 0 saturated carbocycles. The number of carbonyl (C=O) groups is 1. The molecule has 2 nitrogen and oxygen atoms in total. The van der Waals surface area contributed by atoms with Crippen LogP contribution >= 0.6 is 8.58 Å². The van der Waals surface area contributed by atoms with E-state index in [0.717, 1.165) is 15.0 Å². The molecule has 3 heteroatoms. The maximum atomic E-state index is 10.4. The summed E-state index contributed by atoms with van der Waals surface area (Å²) in [7, 11) is 0.806. The van der Waals surface area contributed by atoms with Gasteiger partial charge >= 0.3 is 0 Å². The summed E-state index contributed by atoms with van der Waals surface area (Å²) in [5.74, 6) is -0.0965. The lowest BCUT2D eigenvalue weighted by Gasteiger charge is -1.99. The highest BCUT2D eigenvalue weighted by Gasteiger charge is 2.19. The van der Waals surface area contributed by atoms with Gasteiger partial charge in [-0.25, -0.2) is 0 Å². The molecular weight excluding hydrogens is 121 g/mol. The van der Waals surface area contributed by atoms with Crippen LogP contribution in [0.4, 0.5) is 0 Å². The van der Waals surface area contributed by atoms with Crippen molar-refractivity contribution in [1.82, 2.24) is 0 Å². The van der Waals surface area contributed by atoms with Crippen LogP contribution in [-0.2, 0) is 4.79 Å². The van der Waals surface area contributed by atoms with E-state index in [-0.39, 0.29) is 11.6 Å². The summed E-state index contributed by atoms with van der Waals surface area (Å²) < 4.78 is 0.